The molecule has 0 heterocycles. The number of hydrogen-bond donors (Lipinski definition) is 1. The molecule has 2 amide bonds. The van der Waals surface area contributed by atoms with E-state index in [9.17, 15) is 18.0 Å². The van der Waals surface area contributed by atoms with Crippen LogP contribution in [0.3, 0.4) is 0 Å². The first-order chi connectivity index (χ1) is 22.3. The van der Waals surface area contributed by atoms with Crippen molar-refractivity contribution in [1.29, 1.82) is 0 Å². The lowest BCUT2D eigenvalue weighted by atomic mass is 10.0. The maximum absolute atomic E-state index is 14.6. The van der Waals surface area contributed by atoms with Crippen LogP contribution in [0.5, 0.6) is 5.75 Å². The first kappa shape index (κ1) is 36.1. The van der Waals surface area contributed by atoms with Gasteiger partial charge in [-0.3, -0.25) is 13.9 Å². The maximum atomic E-state index is 14.6. The Kier molecular flexibility index (Phi) is 12.2. The Morgan fingerprint density at radius 3 is 2.13 bits per heavy atom. The van der Waals surface area contributed by atoms with E-state index in [1.54, 1.807) is 36.4 Å². The topological polar surface area (TPSA) is 96.0 Å². The molecule has 1 unspecified atom stereocenters. The van der Waals surface area contributed by atoms with Gasteiger partial charge in [-0.25, -0.2) is 8.42 Å². The van der Waals surface area contributed by atoms with E-state index in [1.807, 2.05) is 51.1 Å². The molecule has 248 valence electrons. The number of ether oxygens (including phenoxy) is 1. The van der Waals surface area contributed by atoms with E-state index in [0.29, 0.717) is 15.6 Å². The normalized spacial score (nSPS) is 12.0. The molecule has 4 rings (SSSR count). The van der Waals surface area contributed by atoms with Gasteiger partial charge in [0.2, 0.25) is 11.8 Å². The lowest BCUT2D eigenvalue weighted by molar-refractivity contribution is -0.140. The Balaban J connectivity index is 1.87. The van der Waals surface area contributed by atoms with Gasteiger partial charge in [0.25, 0.3) is 10.0 Å². The van der Waals surface area contributed by atoms with E-state index in [0.717, 1.165) is 15.4 Å². The van der Waals surface area contributed by atoms with Crippen molar-refractivity contribution in [2.75, 3.05) is 18.0 Å². The van der Waals surface area contributed by atoms with E-state index in [4.69, 9.17) is 39.5 Å². The third kappa shape index (κ3) is 9.20. The van der Waals surface area contributed by atoms with Gasteiger partial charge in [0.05, 0.1) is 17.7 Å². The fourth-order valence-electron chi connectivity index (χ4n) is 4.98. The molecule has 8 nitrogen and oxygen atoms in total. The van der Waals surface area contributed by atoms with Gasteiger partial charge in [0.1, 0.15) is 18.3 Å². The van der Waals surface area contributed by atoms with Crippen molar-refractivity contribution in [3.05, 3.63) is 123 Å². The van der Waals surface area contributed by atoms with Crippen LogP contribution in [0.25, 0.3) is 0 Å². The molecule has 47 heavy (non-hydrogen) atoms. The summed E-state index contributed by atoms with van der Waals surface area (Å²) in [6, 6.07) is 23.6. The molecule has 0 aliphatic rings. The summed E-state index contributed by atoms with van der Waals surface area (Å²) in [5.74, 6) is -0.882. The smallest absolute Gasteiger partial charge is 0.264 e. The number of amides is 2. The molecule has 0 aliphatic carbocycles. The first-order valence-electron chi connectivity index (χ1n) is 14.8. The summed E-state index contributed by atoms with van der Waals surface area (Å²) in [6.45, 7) is 4.69. The third-order valence-corrected chi connectivity index (χ3v) is 9.95. The summed E-state index contributed by atoms with van der Waals surface area (Å²) in [5, 5.41) is 3.85. The number of carbonyl (C=O) groups is 2. The minimum Gasteiger partial charge on any atom is -0.495 e. The largest absolute Gasteiger partial charge is 0.495 e. The van der Waals surface area contributed by atoms with Gasteiger partial charge in [-0.05, 0) is 74.4 Å². The number of rotatable bonds is 13. The van der Waals surface area contributed by atoms with Crippen LogP contribution in [0.2, 0.25) is 15.1 Å². The van der Waals surface area contributed by atoms with Crippen LogP contribution < -0.4 is 14.4 Å². The molecule has 0 saturated carbocycles. The number of halogens is 3. The molecule has 0 aliphatic heterocycles. The van der Waals surface area contributed by atoms with Crippen LogP contribution in [0.4, 0.5) is 5.69 Å². The molecule has 4 aromatic rings. The summed E-state index contributed by atoms with van der Waals surface area (Å²) in [6.07, 6.45) is 0.154. The Bertz CT molecular complexity index is 1820. The molecule has 1 N–H and O–H groups in total. The molecule has 0 aromatic heterocycles. The summed E-state index contributed by atoms with van der Waals surface area (Å²) in [5.41, 5.74) is 2.24. The van der Waals surface area contributed by atoms with E-state index < -0.39 is 34.4 Å². The number of nitrogens with one attached hydrogen (secondary N) is 1. The highest BCUT2D eigenvalue weighted by molar-refractivity contribution is 7.92. The summed E-state index contributed by atoms with van der Waals surface area (Å²) in [4.78, 5) is 29.8. The molecule has 1 atom stereocenters. The van der Waals surface area contributed by atoms with Crippen molar-refractivity contribution >= 4 is 62.3 Å². The number of sulfonamides is 1. The number of hydrogen-bond acceptors (Lipinski definition) is 5. The van der Waals surface area contributed by atoms with Crippen molar-refractivity contribution in [1.82, 2.24) is 10.2 Å². The third-order valence-electron chi connectivity index (χ3n) is 7.36. The zero-order chi connectivity index (χ0) is 34.3. The highest BCUT2D eigenvalue weighted by Crippen LogP contribution is 2.35. The number of carbonyl (C=O) groups excluding carboxylic acids is 2. The first-order valence-corrected chi connectivity index (χ1v) is 17.4. The number of methoxy groups -OCH3 is 1. The van der Waals surface area contributed by atoms with Gasteiger partial charge in [0.15, 0.2) is 0 Å². The second-order valence-corrected chi connectivity index (χ2v) is 14.4. The van der Waals surface area contributed by atoms with E-state index in [1.165, 1.54) is 36.3 Å². The average Bonchev–Trinajstić information content (AvgIpc) is 3.02. The van der Waals surface area contributed by atoms with Crippen LogP contribution in [0.1, 0.15) is 30.5 Å². The number of anilines is 1. The predicted octanol–water partition coefficient (Wildman–Crippen LogP) is 7.32. The molecular formula is C35H36Cl3N3O5S. The van der Waals surface area contributed by atoms with Crippen LogP contribution in [-0.2, 0) is 32.6 Å². The van der Waals surface area contributed by atoms with Gasteiger partial charge >= 0.3 is 0 Å². The van der Waals surface area contributed by atoms with E-state index in [2.05, 4.69) is 5.32 Å². The van der Waals surface area contributed by atoms with Crippen molar-refractivity contribution in [2.45, 2.75) is 50.7 Å². The zero-order valence-electron chi connectivity index (χ0n) is 26.4. The van der Waals surface area contributed by atoms with Crippen LogP contribution in [-0.4, -0.2) is 50.9 Å². The maximum Gasteiger partial charge on any atom is 0.264 e. The monoisotopic (exact) mass is 715 g/mol. The number of aryl methyl sites for hydroxylation is 1. The minimum absolute atomic E-state index is 0.0383. The molecule has 0 bridgehead atoms. The lowest BCUT2D eigenvalue weighted by Gasteiger charge is -2.34. The second kappa shape index (κ2) is 15.9. The molecular weight excluding hydrogens is 681 g/mol. The molecule has 4 aromatic carbocycles. The Morgan fingerprint density at radius 2 is 1.51 bits per heavy atom. The van der Waals surface area contributed by atoms with Gasteiger partial charge in [-0.1, -0.05) is 88.9 Å². The number of nitrogens with zero attached hydrogens (tertiary/aromatic N) is 2. The Morgan fingerprint density at radius 1 is 0.872 bits per heavy atom. The van der Waals surface area contributed by atoms with Gasteiger partial charge in [-0.2, -0.15) is 0 Å². The Hall–Kier alpha value is -3.76. The molecule has 0 radical (unpaired) electrons. The van der Waals surface area contributed by atoms with Crippen molar-refractivity contribution in [3.63, 3.8) is 0 Å². The minimum atomic E-state index is -4.36. The fraction of sp³-hybridized carbons (Fsp3) is 0.257. The summed E-state index contributed by atoms with van der Waals surface area (Å²) in [7, 11) is -2.96. The highest BCUT2D eigenvalue weighted by atomic mass is 35.5. The molecule has 0 fully saturated rings. The van der Waals surface area contributed by atoms with Gasteiger partial charge in [-0.15, -0.1) is 0 Å². The van der Waals surface area contributed by atoms with Crippen molar-refractivity contribution in [3.8, 4) is 5.75 Å². The molecule has 0 saturated heterocycles. The van der Waals surface area contributed by atoms with E-state index >= 15 is 0 Å². The number of benzene rings is 4. The van der Waals surface area contributed by atoms with Crippen LogP contribution in [0.15, 0.2) is 95.9 Å². The van der Waals surface area contributed by atoms with Crippen LogP contribution in [0, 0.1) is 6.92 Å². The average molecular weight is 717 g/mol. The van der Waals surface area contributed by atoms with E-state index in [-0.39, 0.29) is 40.4 Å². The molecule has 0 spiro atoms. The SMILES string of the molecule is COc1ccc(Cl)cc1N(CC(=O)N(Cc1ccc(Cl)cc1Cl)C(Cc1ccccc1)C(=O)NC(C)C)S(=O)(=O)c1ccc(C)cc1. The lowest BCUT2D eigenvalue weighted by Crippen LogP contribution is -2.54. The van der Waals surface area contributed by atoms with Gasteiger partial charge in [0, 0.05) is 34.1 Å². The summed E-state index contributed by atoms with van der Waals surface area (Å²) >= 11 is 19.1. The van der Waals surface area contributed by atoms with Gasteiger partial charge < -0.3 is 15.0 Å². The van der Waals surface area contributed by atoms with Crippen molar-refractivity contribution < 1.29 is 22.7 Å². The molecule has 12 heteroatoms. The summed E-state index contributed by atoms with van der Waals surface area (Å²) < 4.78 is 35.1. The zero-order valence-corrected chi connectivity index (χ0v) is 29.5. The second-order valence-electron chi connectivity index (χ2n) is 11.3. The van der Waals surface area contributed by atoms with Crippen LogP contribution >= 0.6 is 34.8 Å². The predicted molar refractivity (Wildman–Crippen MR) is 188 cm³/mol. The highest BCUT2D eigenvalue weighted by Gasteiger charge is 2.36. The standard InChI is InChI=1S/C35H36Cl3N3O5S/c1-23(2)39-35(43)32(18-25-8-6-5-7-9-25)40(21-26-12-13-27(36)19-30(26)38)34(42)22-41(31-20-28(37)14-17-33(31)46-4)47(44,45)29-15-10-24(3)11-16-29/h5-17,19-20,23,32H,18,21-22H2,1-4H3,(H,39,43). The quantitative estimate of drug-likeness (QED) is 0.157. The Labute approximate surface area is 291 Å². The van der Waals surface area contributed by atoms with Crippen molar-refractivity contribution in [2.24, 2.45) is 0 Å². The fourth-order valence-corrected chi connectivity index (χ4v) is 7.03.